The zero-order chi connectivity index (χ0) is 14.8. The highest BCUT2D eigenvalue weighted by Gasteiger charge is 2.13. The van der Waals surface area contributed by atoms with Gasteiger partial charge in [0, 0.05) is 20.3 Å². The van der Waals surface area contributed by atoms with Crippen LogP contribution in [0.3, 0.4) is 0 Å². The van der Waals surface area contributed by atoms with Crippen LogP contribution in [0.4, 0.5) is 5.69 Å². The summed E-state index contributed by atoms with van der Waals surface area (Å²) in [4.78, 5) is 0. The number of nitrogens with one attached hydrogen (secondary N) is 1. The van der Waals surface area contributed by atoms with Gasteiger partial charge in [-0.05, 0) is 90.1 Å². The van der Waals surface area contributed by atoms with E-state index in [9.17, 15) is 0 Å². The molecule has 1 aliphatic carbocycles. The smallest absolute Gasteiger partial charge is 0.0486 e. The van der Waals surface area contributed by atoms with Crippen LogP contribution in [0, 0.1) is 3.57 Å². The van der Waals surface area contributed by atoms with Crippen molar-refractivity contribution in [2.75, 3.05) is 5.32 Å². The van der Waals surface area contributed by atoms with Gasteiger partial charge >= 0.3 is 0 Å². The molecule has 0 aliphatic heterocycles. The van der Waals surface area contributed by atoms with Gasteiger partial charge in [-0.25, -0.2) is 0 Å². The number of aryl methyl sites for hydroxylation is 2. The van der Waals surface area contributed by atoms with Gasteiger partial charge in [-0.2, -0.15) is 0 Å². The molecule has 110 valence electrons. The number of halogens is 2. The lowest BCUT2D eigenvalue weighted by Crippen LogP contribution is -2.10. The zero-order valence-electron chi connectivity index (χ0n) is 12.1. The molecular weight excluding hydrogens is 393 g/mol. The van der Waals surface area contributed by atoms with Crippen molar-refractivity contribution in [3.63, 3.8) is 0 Å². The predicted octanol–water partition coefficient (Wildman–Crippen LogP) is 6.00. The van der Waals surface area contributed by atoms with Crippen LogP contribution in [0.15, 0.2) is 36.4 Å². The fraction of sp³-hybridized carbons (Fsp3) is 0.333. The first-order chi connectivity index (χ1) is 10.1. The number of hydrogen-bond acceptors (Lipinski definition) is 1. The van der Waals surface area contributed by atoms with E-state index in [2.05, 4.69) is 59.1 Å². The number of anilines is 1. The molecule has 0 amide bonds. The minimum absolute atomic E-state index is 0.298. The number of rotatable bonds is 3. The molecule has 0 fully saturated rings. The largest absolute Gasteiger partial charge is 0.378 e. The first-order valence-electron chi connectivity index (χ1n) is 7.47. The molecule has 2 aromatic rings. The maximum atomic E-state index is 6.02. The summed E-state index contributed by atoms with van der Waals surface area (Å²) in [5, 5.41) is 4.38. The lowest BCUT2D eigenvalue weighted by molar-refractivity contribution is 0.683. The van der Waals surface area contributed by atoms with Gasteiger partial charge in [-0.15, -0.1) is 0 Å². The molecular formula is C18H19ClIN. The van der Waals surface area contributed by atoms with E-state index in [1.165, 1.54) is 31.2 Å². The fourth-order valence-corrected chi connectivity index (χ4v) is 3.97. The molecule has 1 N–H and O–H groups in total. The molecule has 0 radical (unpaired) electrons. The highest BCUT2D eigenvalue weighted by Crippen LogP contribution is 2.29. The molecule has 0 saturated heterocycles. The van der Waals surface area contributed by atoms with Gasteiger partial charge in [0.2, 0.25) is 0 Å². The Labute approximate surface area is 145 Å². The molecule has 0 heterocycles. The van der Waals surface area contributed by atoms with Crippen molar-refractivity contribution in [2.45, 2.75) is 38.6 Å². The molecule has 0 spiro atoms. The number of fused-ring (bicyclic) bond motifs is 1. The maximum Gasteiger partial charge on any atom is 0.0486 e. The van der Waals surface area contributed by atoms with Crippen molar-refractivity contribution in [1.29, 1.82) is 0 Å². The van der Waals surface area contributed by atoms with E-state index in [-0.39, 0.29) is 0 Å². The highest BCUT2D eigenvalue weighted by molar-refractivity contribution is 14.1. The molecule has 0 saturated carbocycles. The van der Waals surface area contributed by atoms with Crippen molar-refractivity contribution in [2.24, 2.45) is 0 Å². The topological polar surface area (TPSA) is 12.0 Å². The van der Waals surface area contributed by atoms with Gasteiger partial charge < -0.3 is 5.32 Å². The summed E-state index contributed by atoms with van der Waals surface area (Å²) in [5.74, 6) is 0. The average Bonchev–Trinajstić information content (AvgIpc) is 2.49. The number of benzene rings is 2. The first kappa shape index (κ1) is 15.2. The fourth-order valence-electron chi connectivity index (χ4n) is 2.95. The Kier molecular flexibility index (Phi) is 4.75. The Bertz CT molecular complexity index is 654. The van der Waals surface area contributed by atoms with Crippen LogP contribution in [0.25, 0.3) is 0 Å². The van der Waals surface area contributed by atoms with Gasteiger partial charge in [-0.1, -0.05) is 29.8 Å². The summed E-state index contributed by atoms with van der Waals surface area (Å²) < 4.78 is 1.16. The third-order valence-corrected chi connectivity index (χ3v) is 5.30. The Hall–Kier alpha value is -0.740. The Morgan fingerprint density at radius 3 is 2.57 bits per heavy atom. The van der Waals surface area contributed by atoms with Crippen LogP contribution in [0.1, 0.15) is 42.5 Å². The van der Waals surface area contributed by atoms with E-state index in [0.29, 0.717) is 6.04 Å². The van der Waals surface area contributed by atoms with Crippen molar-refractivity contribution < 1.29 is 0 Å². The molecule has 1 nitrogen and oxygen atoms in total. The zero-order valence-corrected chi connectivity index (χ0v) is 15.0. The SMILES string of the molecule is CC(Nc1ccc(Cl)cc1I)c1ccc2c(c1)CCCC2. The molecule has 3 heteroatoms. The molecule has 1 aliphatic rings. The highest BCUT2D eigenvalue weighted by atomic mass is 127. The standard InChI is InChI=1S/C18H19ClIN/c1-12(21-18-9-8-16(19)11-17(18)20)14-7-6-13-4-2-3-5-15(13)10-14/h6-12,21H,2-5H2,1H3. The van der Waals surface area contributed by atoms with Crippen LogP contribution in [-0.4, -0.2) is 0 Å². The summed E-state index contributed by atoms with van der Waals surface area (Å²) in [7, 11) is 0. The second-order valence-electron chi connectivity index (χ2n) is 5.73. The Morgan fingerprint density at radius 1 is 1.05 bits per heavy atom. The Morgan fingerprint density at radius 2 is 1.81 bits per heavy atom. The second-order valence-corrected chi connectivity index (χ2v) is 7.32. The minimum Gasteiger partial charge on any atom is -0.378 e. The van der Waals surface area contributed by atoms with Crippen LogP contribution >= 0.6 is 34.2 Å². The molecule has 21 heavy (non-hydrogen) atoms. The third kappa shape index (κ3) is 3.54. The number of hydrogen-bond donors (Lipinski definition) is 1. The van der Waals surface area contributed by atoms with E-state index in [1.54, 1.807) is 11.1 Å². The van der Waals surface area contributed by atoms with Gasteiger partial charge in [0.05, 0.1) is 0 Å². The van der Waals surface area contributed by atoms with Crippen molar-refractivity contribution in [3.8, 4) is 0 Å². The van der Waals surface area contributed by atoms with Gasteiger partial charge in [0.1, 0.15) is 0 Å². The van der Waals surface area contributed by atoms with E-state index in [0.717, 1.165) is 14.3 Å². The normalized spacial score (nSPS) is 15.4. The van der Waals surface area contributed by atoms with Gasteiger partial charge in [0.25, 0.3) is 0 Å². The van der Waals surface area contributed by atoms with Crippen LogP contribution in [0.5, 0.6) is 0 Å². The molecule has 0 bridgehead atoms. The third-order valence-electron chi connectivity index (χ3n) is 4.18. The first-order valence-corrected chi connectivity index (χ1v) is 8.92. The minimum atomic E-state index is 0.298. The van der Waals surface area contributed by atoms with Crippen molar-refractivity contribution in [1.82, 2.24) is 0 Å². The van der Waals surface area contributed by atoms with Crippen molar-refractivity contribution >= 4 is 39.9 Å². The summed E-state index contributed by atoms with van der Waals surface area (Å²) in [6.45, 7) is 2.22. The molecule has 1 atom stereocenters. The predicted molar refractivity (Wildman–Crippen MR) is 99.3 cm³/mol. The summed E-state index contributed by atoms with van der Waals surface area (Å²) in [6.07, 6.45) is 5.14. The van der Waals surface area contributed by atoms with E-state index < -0.39 is 0 Å². The molecule has 0 aromatic heterocycles. The van der Waals surface area contributed by atoms with Crippen LogP contribution in [0.2, 0.25) is 5.02 Å². The van der Waals surface area contributed by atoms with E-state index in [4.69, 9.17) is 11.6 Å². The molecule has 2 aromatic carbocycles. The average molecular weight is 412 g/mol. The Balaban J connectivity index is 1.80. The lowest BCUT2D eigenvalue weighted by atomic mass is 9.89. The summed E-state index contributed by atoms with van der Waals surface area (Å²) in [6, 6.07) is 13.2. The van der Waals surface area contributed by atoms with Crippen LogP contribution in [-0.2, 0) is 12.8 Å². The van der Waals surface area contributed by atoms with Gasteiger partial charge in [-0.3, -0.25) is 0 Å². The summed E-state index contributed by atoms with van der Waals surface area (Å²) >= 11 is 8.34. The maximum absolute atomic E-state index is 6.02. The van der Waals surface area contributed by atoms with E-state index >= 15 is 0 Å². The lowest BCUT2D eigenvalue weighted by Gasteiger charge is -2.21. The molecule has 1 unspecified atom stereocenters. The molecule has 3 rings (SSSR count). The monoisotopic (exact) mass is 411 g/mol. The van der Waals surface area contributed by atoms with Crippen LogP contribution < -0.4 is 5.32 Å². The van der Waals surface area contributed by atoms with E-state index in [1.807, 2.05) is 12.1 Å². The summed E-state index contributed by atoms with van der Waals surface area (Å²) in [5.41, 5.74) is 5.59. The quantitative estimate of drug-likeness (QED) is 0.611. The van der Waals surface area contributed by atoms with Gasteiger partial charge in [0.15, 0.2) is 0 Å². The second kappa shape index (κ2) is 6.57. The van der Waals surface area contributed by atoms with Crippen molar-refractivity contribution in [3.05, 3.63) is 61.7 Å².